The summed E-state index contributed by atoms with van der Waals surface area (Å²) in [5.74, 6) is -1.14. The molecule has 0 aromatic heterocycles. The lowest BCUT2D eigenvalue weighted by Gasteiger charge is -2.36. The molecule has 1 N–H and O–H groups in total. The van der Waals surface area contributed by atoms with Gasteiger partial charge in [-0.25, -0.2) is 4.79 Å². The van der Waals surface area contributed by atoms with E-state index < -0.39 is 5.97 Å². The number of fused-ring (bicyclic) bond motifs is 1. The molecular formula is C22H20N2O4. The quantitative estimate of drug-likeness (QED) is 0.813. The lowest BCUT2D eigenvalue weighted by molar-refractivity contribution is -0.121. The average Bonchev–Trinajstić information content (AvgIpc) is 3.53. The van der Waals surface area contributed by atoms with Crippen LogP contribution >= 0.6 is 0 Å². The van der Waals surface area contributed by atoms with Gasteiger partial charge in [0.05, 0.1) is 23.5 Å². The highest BCUT2D eigenvalue weighted by molar-refractivity contribution is 6.14. The third-order valence-corrected chi connectivity index (χ3v) is 4.98. The monoisotopic (exact) mass is 376 g/mol. The van der Waals surface area contributed by atoms with E-state index >= 15 is 0 Å². The zero-order valence-corrected chi connectivity index (χ0v) is 15.2. The van der Waals surface area contributed by atoms with Crippen LogP contribution in [0.4, 0.5) is 11.4 Å². The van der Waals surface area contributed by atoms with Gasteiger partial charge in [0.1, 0.15) is 6.54 Å². The Morgan fingerprint density at radius 1 is 1.07 bits per heavy atom. The summed E-state index contributed by atoms with van der Waals surface area (Å²) in [4.78, 5) is 39.9. The predicted molar refractivity (Wildman–Crippen MR) is 105 cm³/mol. The number of allylic oxidation sites excluding steroid dienone is 1. The van der Waals surface area contributed by atoms with E-state index in [1.165, 1.54) is 23.1 Å². The maximum atomic E-state index is 12.8. The van der Waals surface area contributed by atoms with Crippen molar-refractivity contribution in [1.29, 1.82) is 0 Å². The summed E-state index contributed by atoms with van der Waals surface area (Å²) in [6.07, 6.45) is 5.51. The van der Waals surface area contributed by atoms with Crippen LogP contribution in [0.1, 0.15) is 28.8 Å². The highest BCUT2D eigenvalue weighted by Crippen LogP contribution is 2.36. The van der Waals surface area contributed by atoms with Crippen molar-refractivity contribution in [3.05, 3.63) is 71.8 Å². The van der Waals surface area contributed by atoms with Crippen molar-refractivity contribution in [2.24, 2.45) is 5.92 Å². The number of carbonyl (C=O) groups is 3. The molecule has 6 nitrogen and oxygen atoms in total. The van der Waals surface area contributed by atoms with Gasteiger partial charge < -0.3 is 10.0 Å². The van der Waals surface area contributed by atoms with Gasteiger partial charge in [-0.15, -0.1) is 0 Å². The highest BCUT2D eigenvalue weighted by atomic mass is 16.4. The van der Waals surface area contributed by atoms with Crippen LogP contribution < -0.4 is 9.80 Å². The summed E-state index contributed by atoms with van der Waals surface area (Å²) in [6.45, 7) is 0.246. The fourth-order valence-electron chi connectivity index (χ4n) is 3.27. The molecule has 2 aromatic rings. The summed E-state index contributed by atoms with van der Waals surface area (Å²) in [5.41, 5.74) is 2.02. The van der Waals surface area contributed by atoms with E-state index in [0.717, 1.165) is 18.4 Å². The molecule has 0 saturated heterocycles. The van der Waals surface area contributed by atoms with E-state index in [0.29, 0.717) is 23.8 Å². The first-order valence-electron chi connectivity index (χ1n) is 9.24. The standard InChI is InChI=1S/C22H20N2O4/c25-20(11-8-15-6-7-15)24-14-21(26)23(13-16-4-2-1-3-5-16)18-10-9-17(22(27)28)12-19(18)24/h1-5,8-12,15H,6-7,13-14H2,(H,27,28)/b11-8+. The predicted octanol–water partition coefficient (Wildman–Crippen LogP) is 3.23. The number of nitrogens with zero attached hydrogens (tertiary/aromatic N) is 2. The number of carboxylic acids is 1. The SMILES string of the molecule is O=C(O)c1ccc2c(c1)N(C(=O)/C=C/C1CC1)CC(=O)N2Cc1ccccc1. The summed E-state index contributed by atoms with van der Waals surface area (Å²) >= 11 is 0. The van der Waals surface area contributed by atoms with Gasteiger partial charge in [0.2, 0.25) is 5.91 Å². The number of carboxylic acid groups (broad SMARTS) is 1. The van der Waals surface area contributed by atoms with Gasteiger partial charge in [0.15, 0.2) is 0 Å². The van der Waals surface area contributed by atoms with Gasteiger partial charge in [0.25, 0.3) is 5.91 Å². The van der Waals surface area contributed by atoms with Crippen molar-refractivity contribution in [2.75, 3.05) is 16.3 Å². The molecule has 1 heterocycles. The first-order chi connectivity index (χ1) is 13.5. The molecule has 142 valence electrons. The Hall–Kier alpha value is -3.41. The van der Waals surface area contributed by atoms with E-state index in [2.05, 4.69) is 0 Å². The molecule has 2 aromatic carbocycles. The molecular weight excluding hydrogens is 356 g/mol. The molecule has 6 heteroatoms. The van der Waals surface area contributed by atoms with Crippen molar-refractivity contribution in [3.63, 3.8) is 0 Å². The largest absolute Gasteiger partial charge is 0.478 e. The van der Waals surface area contributed by atoms with E-state index in [4.69, 9.17) is 0 Å². The Kier molecular flexibility index (Phi) is 4.69. The maximum Gasteiger partial charge on any atom is 0.335 e. The molecule has 1 saturated carbocycles. The Morgan fingerprint density at radius 3 is 2.50 bits per heavy atom. The van der Waals surface area contributed by atoms with Gasteiger partial charge in [-0.2, -0.15) is 0 Å². The Labute approximate surface area is 162 Å². The number of hydrogen-bond donors (Lipinski definition) is 1. The number of aromatic carboxylic acids is 1. The van der Waals surface area contributed by atoms with E-state index in [9.17, 15) is 19.5 Å². The molecule has 0 bridgehead atoms. The molecule has 1 aliphatic heterocycles. The summed E-state index contributed by atoms with van der Waals surface area (Å²) in [7, 11) is 0. The number of rotatable bonds is 5. The smallest absolute Gasteiger partial charge is 0.335 e. The van der Waals surface area contributed by atoms with Gasteiger partial charge >= 0.3 is 5.97 Å². The number of hydrogen-bond acceptors (Lipinski definition) is 3. The lowest BCUT2D eigenvalue weighted by atomic mass is 10.1. The van der Waals surface area contributed by atoms with Crippen LogP contribution in [0, 0.1) is 5.92 Å². The maximum absolute atomic E-state index is 12.8. The Balaban J connectivity index is 1.71. The fraction of sp³-hybridized carbons (Fsp3) is 0.227. The molecule has 2 amide bonds. The van der Waals surface area contributed by atoms with Crippen LogP contribution in [-0.2, 0) is 16.1 Å². The first-order valence-corrected chi connectivity index (χ1v) is 9.24. The zero-order valence-electron chi connectivity index (χ0n) is 15.2. The summed E-state index contributed by atoms with van der Waals surface area (Å²) in [6, 6.07) is 14.1. The first kappa shape index (κ1) is 18.0. The Bertz CT molecular complexity index is 964. The Morgan fingerprint density at radius 2 is 1.82 bits per heavy atom. The van der Waals surface area contributed by atoms with Crippen LogP contribution in [0.5, 0.6) is 0 Å². The molecule has 28 heavy (non-hydrogen) atoms. The zero-order chi connectivity index (χ0) is 19.7. The lowest BCUT2D eigenvalue weighted by Crippen LogP contribution is -2.47. The van der Waals surface area contributed by atoms with E-state index in [1.807, 2.05) is 36.4 Å². The molecule has 2 aliphatic rings. The highest BCUT2D eigenvalue weighted by Gasteiger charge is 2.33. The second kappa shape index (κ2) is 7.31. The van der Waals surface area contributed by atoms with E-state index in [1.54, 1.807) is 11.0 Å². The molecule has 0 radical (unpaired) electrons. The molecule has 0 spiro atoms. The van der Waals surface area contributed by atoms with Gasteiger partial charge in [-0.3, -0.25) is 14.5 Å². The normalized spacial score (nSPS) is 16.4. The number of anilines is 2. The van der Waals surface area contributed by atoms with Gasteiger partial charge in [-0.1, -0.05) is 36.4 Å². The van der Waals surface area contributed by atoms with Crippen LogP contribution in [0.3, 0.4) is 0 Å². The van der Waals surface area contributed by atoms with E-state index in [-0.39, 0.29) is 23.9 Å². The number of amides is 2. The summed E-state index contributed by atoms with van der Waals surface area (Å²) in [5, 5.41) is 9.35. The second-order valence-electron chi connectivity index (χ2n) is 7.10. The molecule has 4 rings (SSSR count). The third-order valence-electron chi connectivity index (χ3n) is 4.98. The van der Waals surface area contributed by atoms with Crippen molar-refractivity contribution < 1.29 is 19.5 Å². The molecule has 1 fully saturated rings. The van der Waals surface area contributed by atoms with Crippen LogP contribution in [0.15, 0.2) is 60.7 Å². The topological polar surface area (TPSA) is 77.9 Å². The van der Waals surface area contributed by atoms with Crippen LogP contribution in [0.2, 0.25) is 0 Å². The number of benzene rings is 2. The van der Waals surface area contributed by atoms with Gasteiger partial charge in [0, 0.05) is 0 Å². The molecule has 0 unspecified atom stereocenters. The fourth-order valence-corrected chi connectivity index (χ4v) is 3.27. The minimum atomic E-state index is -1.07. The second-order valence-corrected chi connectivity index (χ2v) is 7.10. The summed E-state index contributed by atoms with van der Waals surface area (Å²) < 4.78 is 0. The minimum Gasteiger partial charge on any atom is -0.478 e. The molecule has 1 aliphatic carbocycles. The van der Waals surface area contributed by atoms with Crippen LogP contribution in [-0.4, -0.2) is 29.4 Å². The van der Waals surface area contributed by atoms with Crippen molar-refractivity contribution >= 4 is 29.2 Å². The van der Waals surface area contributed by atoms with Crippen LogP contribution in [0.25, 0.3) is 0 Å². The average molecular weight is 376 g/mol. The molecule has 0 atom stereocenters. The number of carbonyl (C=O) groups excluding carboxylic acids is 2. The van der Waals surface area contributed by atoms with Crippen molar-refractivity contribution in [2.45, 2.75) is 19.4 Å². The van der Waals surface area contributed by atoms with Crippen molar-refractivity contribution in [1.82, 2.24) is 0 Å². The van der Waals surface area contributed by atoms with Gasteiger partial charge in [-0.05, 0) is 48.6 Å². The van der Waals surface area contributed by atoms with Crippen molar-refractivity contribution in [3.8, 4) is 0 Å². The minimum absolute atomic E-state index is 0.0803. The third kappa shape index (κ3) is 3.67.